The molecule has 26 heavy (non-hydrogen) atoms. The highest BCUT2D eigenvalue weighted by molar-refractivity contribution is 5.97. The van der Waals surface area contributed by atoms with Gasteiger partial charge in [-0.05, 0) is 36.8 Å². The van der Waals surface area contributed by atoms with Crippen molar-refractivity contribution in [2.24, 2.45) is 0 Å². The number of ether oxygens (including phenoxy) is 1. The minimum atomic E-state index is 0. The predicted molar refractivity (Wildman–Crippen MR) is 107 cm³/mol. The van der Waals surface area contributed by atoms with Crippen LogP contribution in [0.15, 0.2) is 48.5 Å². The monoisotopic (exact) mass is 375 g/mol. The van der Waals surface area contributed by atoms with Crippen LogP contribution in [-0.2, 0) is 6.54 Å². The number of piperazine rings is 1. The van der Waals surface area contributed by atoms with Crippen LogP contribution in [0.3, 0.4) is 0 Å². The van der Waals surface area contributed by atoms with Gasteiger partial charge in [-0.1, -0.05) is 24.3 Å². The van der Waals surface area contributed by atoms with E-state index in [9.17, 15) is 4.79 Å². The summed E-state index contributed by atoms with van der Waals surface area (Å²) >= 11 is 0. The third-order valence-corrected chi connectivity index (χ3v) is 4.43. The first-order valence-corrected chi connectivity index (χ1v) is 8.75. The lowest BCUT2D eigenvalue weighted by atomic mass is 10.1. The molecule has 2 aromatic carbocycles. The van der Waals surface area contributed by atoms with Crippen LogP contribution < -0.4 is 10.5 Å². The lowest BCUT2D eigenvalue weighted by Gasteiger charge is -2.35. The van der Waals surface area contributed by atoms with E-state index in [1.54, 1.807) is 0 Å². The fourth-order valence-corrected chi connectivity index (χ4v) is 3.15. The van der Waals surface area contributed by atoms with Crippen molar-refractivity contribution in [3.8, 4) is 5.75 Å². The highest BCUT2D eigenvalue weighted by Gasteiger charge is 2.24. The number of anilines is 1. The molecule has 0 aliphatic carbocycles. The van der Waals surface area contributed by atoms with Crippen LogP contribution in [-0.4, -0.2) is 48.5 Å². The van der Waals surface area contributed by atoms with Gasteiger partial charge in [-0.25, -0.2) is 0 Å². The number of benzene rings is 2. The first-order chi connectivity index (χ1) is 12.2. The number of nitrogen functional groups attached to an aromatic ring is 1. The Morgan fingerprint density at radius 3 is 2.50 bits per heavy atom. The second-order valence-electron chi connectivity index (χ2n) is 6.24. The van der Waals surface area contributed by atoms with Gasteiger partial charge in [-0.3, -0.25) is 9.69 Å². The summed E-state index contributed by atoms with van der Waals surface area (Å²) in [6, 6.07) is 15.4. The number of nitrogens with zero attached hydrogens (tertiary/aromatic N) is 2. The summed E-state index contributed by atoms with van der Waals surface area (Å²) in [6.45, 7) is 6.51. The summed E-state index contributed by atoms with van der Waals surface area (Å²) in [5, 5.41) is 0. The molecule has 1 aliphatic rings. The summed E-state index contributed by atoms with van der Waals surface area (Å²) in [6.07, 6.45) is 0. The Morgan fingerprint density at radius 2 is 1.81 bits per heavy atom. The molecule has 140 valence electrons. The SMILES string of the molecule is CCOc1ccccc1C(=O)N1CCN(Cc2cccc(N)c2)CC1.Cl. The molecule has 2 N–H and O–H groups in total. The van der Waals surface area contributed by atoms with Gasteiger partial charge in [0.05, 0.1) is 12.2 Å². The molecule has 2 aromatic rings. The molecule has 1 heterocycles. The molecule has 3 rings (SSSR count). The van der Waals surface area contributed by atoms with Crippen LogP contribution in [0.2, 0.25) is 0 Å². The van der Waals surface area contributed by atoms with Crippen LogP contribution >= 0.6 is 12.4 Å². The molecule has 0 atom stereocenters. The van der Waals surface area contributed by atoms with Gasteiger partial charge < -0.3 is 15.4 Å². The van der Waals surface area contributed by atoms with Crippen molar-refractivity contribution in [1.29, 1.82) is 0 Å². The van der Waals surface area contributed by atoms with E-state index in [1.165, 1.54) is 5.56 Å². The summed E-state index contributed by atoms with van der Waals surface area (Å²) < 4.78 is 5.59. The van der Waals surface area contributed by atoms with Gasteiger partial charge in [-0.15, -0.1) is 12.4 Å². The van der Waals surface area contributed by atoms with Crippen LogP contribution in [0, 0.1) is 0 Å². The van der Waals surface area contributed by atoms with Gasteiger partial charge in [0.25, 0.3) is 5.91 Å². The molecule has 0 aromatic heterocycles. The van der Waals surface area contributed by atoms with Crippen molar-refractivity contribution < 1.29 is 9.53 Å². The molecule has 5 nitrogen and oxygen atoms in total. The van der Waals surface area contributed by atoms with Crippen molar-refractivity contribution in [2.45, 2.75) is 13.5 Å². The number of hydrogen-bond donors (Lipinski definition) is 1. The minimum absolute atomic E-state index is 0. The van der Waals surface area contributed by atoms with Gasteiger partial charge in [0.15, 0.2) is 0 Å². The van der Waals surface area contributed by atoms with E-state index in [0.717, 1.165) is 38.4 Å². The first kappa shape index (κ1) is 20.1. The molecule has 1 saturated heterocycles. The molecule has 6 heteroatoms. The van der Waals surface area contributed by atoms with Crippen molar-refractivity contribution in [3.63, 3.8) is 0 Å². The number of halogens is 1. The Kier molecular flexibility index (Phi) is 7.30. The Morgan fingerprint density at radius 1 is 1.08 bits per heavy atom. The van der Waals surface area contributed by atoms with E-state index in [0.29, 0.717) is 17.9 Å². The van der Waals surface area contributed by atoms with Crippen molar-refractivity contribution in [1.82, 2.24) is 9.80 Å². The number of amides is 1. The van der Waals surface area contributed by atoms with E-state index in [2.05, 4.69) is 11.0 Å². The molecule has 0 unspecified atom stereocenters. The Bertz CT molecular complexity index is 731. The Balaban J connectivity index is 0.00000243. The lowest BCUT2D eigenvalue weighted by molar-refractivity contribution is 0.0624. The van der Waals surface area contributed by atoms with E-state index in [1.807, 2.05) is 54.3 Å². The second-order valence-corrected chi connectivity index (χ2v) is 6.24. The molecule has 1 amide bonds. The standard InChI is InChI=1S/C20H25N3O2.ClH/c1-2-25-19-9-4-3-8-18(19)20(24)23-12-10-22(11-13-23)15-16-6-5-7-17(21)14-16;/h3-9,14H,2,10-13,15,21H2,1H3;1H. The lowest BCUT2D eigenvalue weighted by Crippen LogP contribution is -2.48. The second kappa shape index (κ2) is 9.46. The number of carbonyl (C=O) groups is 1. The third-order valence-electron chi connectivity index (χ3n) is 4.43. The van der Waals surface area contributed by atoms with Crippen molar-refractivity contribution in [3.05, 3.63) is 59.7 Å². The largest absolute Gasteiger partial charge is 0.493 e. The highest BCUT2D eigenvalue weighted by Crippen LogP contribution is 2.21. The normalized spacial score (nSPS) is 14.6. The molecule has 0 saturated carbocycles. The fourth-order valence-electron chi connectivity index (χ4n) is 3.15. The van der Waals surface area contributed by atoms with Crippen LogP contribution in [0.5, 0.6) is 5.75 Å². The molecule has 0 radical (unpaired) electrons. The third kappa shape index (κ3) is 4.90. The van der Waals surface area contributed by atoms with E-state index in [-0.39, 0.29) is 18.3 Å². The maximum absolute atomic E-state index is 12.8. The van der Waals surface area contributed by atoms with E-state index < -0.39 is 0 Å². The van der Waals surface area contributed by atoms with Gasteiger partial charge in [-0.2, -0.15) is 0 Å². The number of hydrogen-bond acceptors (Lipinski definition) is 4. The van der Waals surface area contributed by atoms with Crippen LogP contribution in [0.1, 0.15) is 22.8 Å². The molecule has 0 bridgehead atoms. The topological polar surface area (TPSA) is 58.8 Å². The molecule has 1 aliphatic heterocycles. The Hall–Kier alpha value is -2.24. The summed E-state index contributed by atoms with van der Waals surface area (Å²) in [5.41, 5.74) is 8.49. The maximum atomic E-state index is 12.8. The highest BCUT2D eigenvalue weighted by atomic mass is 35.5. The van der Waals surface area contributed by atoms with Crippen LogP contribution in [0.25, 0.3) is 0 Å². The summed E-state index contributed by atoms with van der Waals surface area (Å²) in [7, 11) is 0. The zero-order chi connectivity index (χ0) is 17.6. The van der Waals surface area contributed by atoms with E-state index in [4.69, 9.17) is 10.5 Å². The smallest absolute Gasteiger partial charge is 0.257 e. The molecule has 0 spiro atoms. The zero-order valence-corrected chi connectivity index (χ0v) is 15.9. The number of nitrogens with two attached hydrogens (primary N) is 1. The van der Waals surface area contributed by atoms with Gasteiger partial charge in [0.2, 0.25) is 0 Å². The predicted octanol–water partition coefficient (Wildman–Crippen LogP) is 3.05. The summed E-state index contributed by atoms with van der Waals surface area (Å²) in [4.78, 5) is 17.1. The average molecular weight is 376 g/mol. The van der Waals surface area contributed by atoms with Gasteiger partial charge >= 0.3 is 0 Å². The molecular formula is C20H26ClN3O2. The fraction of sp³-hybridized carbons (Fsp3) is 0.350. The average Bonchev–Trinajstić information content (AvgIpc) is 2.63. The van der Waals surface area contributed by atoms with Crippen molar-refractivity contribution >= 4 is 24.0 Å². The maximum Gasteiger partial charge on any atom is 0.257 e. The minimum Gasteiger partial charge on any atom is -0.493 e. The van der Waals surface area contributed by atoms with Gasteiger partial charge in [0.1, 0.15) is 5.75 Å². The number of rotatable bonds is 5. The van der Waals surface area contributed by atoms with Gasteiger partial charge in [0, 0.05) is 38.4 Å². The quantitative estimate of drug-likeness (QED) is 0.816. The van der Waals surface area contributed by atoms with Crippen LogP contribution in [0.4, 0.5) is 5.69 Å². The molecular weight excluding hydrogens is 350 g/mol. The Labute approximate surface area is 161 Å². The van der Waals surface area contributed by atoms with Crippen molar-refractivity contribution in [2.75, 3.05) is 38.5 Å². The first-order valence-electron chi connectivity index (χ1n) is 8.75. The van der Waals surface area contributed by atoms with E-state index >= 15 is 0 Å². The number of para-hydroxylation sites is 1. The zero-order valence-electron chi connectivity index (χ0n) is 15.1. The summed E-state index contributed by atoms with van der Waals surface area (Å²) in [5.74, 6) is 0.713. The number of carbonyl (C=O) groups excluding carboxylic acids is 1. The molecule has 1 fully saturated rings.